The maximum atomic E-state index is 13.3. The molecule has 0 aliphatic carbocycles. The average molecular weight is 925 g/mol. The second kappa shape index (κ2) is 13.6. The topological polar surface area (TPSA) is 141 Å². The quantitative estimate of drug-likeness (QED) is 0.115. The van der Waals surface area contributed by atoms with Gasteiger partial charge in [0.1, 0.15) is 27.7 Å². The van der Waals surface area contributed by atoms with Gasteiger partial charge in [-0.15, -0.1) is 0 Å². The Bertz CT molecular complexity index is 1030. The first kappa shape index (κ1) is 39.7. The molecule has 1 aliphatic heterocycles. The number of alkyl halides is 5. The van der Waals surface area contributed by atoms with Gasteiger partial charge in [0, 0.05) is 0 Å². The van der Waals surface area contributed by atoms with Crippen molar-refractivity contribution in [1.29, 1.82) is 0 Å². The van der Waals surface area contributed by atoms with Crippen LogP contribution in [0.25, 0.3) is 0 Å². The number of carbonyl (C=O) groups excluding carboxylic acids is 5. The van der Waals surface area contributed by atoms with Gasteiger partial charge < -0.3 is 28.4 Å². The Morgan fingerprint density at radius 1 is 0.548 bits per heavy atom. The van der Waals surface area contributed by atoms with Crippen molar-refractivity contribution in [2.24, 2.45) is 0 Å². The molecular formula is C26H37Br5O11. The first-order valence-corrected chi connectivity index (χ1v) is 16.6. The van der Waals surface area contributed by atoms with Crippen LogP contribution in [-0.4, -0.2) is 81.9 Å². The Morgan fingerprint density at radius 2 is 0.857 bits per heavy atom. The van der Waals surface area contributed by atoms with Gasteiger partial charge in [0.2, 0.25) is 18.5 Å². The Labute approximate surface area is 288 Å². The predicted octanol–water partition coefficient (Wildman–Crippen LogP) is 5.75. The lowest BCUT2D eigenvalue weighted by Gasteiger charge is -2.50. The van der Waals surface area contributed by atoms with E-state index in [1.165, 1.54) is 76.2 Å². The SMILES string of the molecule is CC1OC(OC(=O)C(C)(C)Br)C(OC(=O)C(C)(C)Br)C(OC(=O)C(C)(C)Br)C1(OC(=O)C(C)(C)Br)OC(=O)C(C)(C)Br. The molecule has 4 unspecified atom stereocenters. The number of halogens is 5. The van der Waals surface area contributed by atoms with E-state index in [1.54, 1.807) is 0 Å². The molecule has 1 saturated heterocycles. The predicted molar refractivity (Wildman–Crippen MR) is 170 cm³/mol. The molecule has 42 heavy (non-hydrogen) atoms. The Balaban J connectivity index is 4.08. The molecule has 1 aliphatic rings. The summed E-state index contributed by atoms with van der Waals surface area (Å²) in [6, 6.07) is 0. The van der Waals surface area contributed by atoms with Crippen molar-refractivity contribution >= 4 is 109 Å². The van der Waals surface area contributed by atoms with Crippen molar-refractivity contribution in [3.8, 4) is 0 Å². The fraction of sp³-hybridized carbons (Fsp3) is 0.808. The number of ether oxygens (including phenoxy) is 6. The molecule has 0 aromatic carbocycles. The van der Waals surface area contributed by atoms with Crippen LogP contribution in [0.4, 0.5) is 0 Å². The maximum Gasteiger partial charge on any atom is 0.325 e. The molecule has 0 N–H and O–H groups in total. The highest BCUT2D eigenvalue weighted by Gasteiger charge is 2.67. The largest absolute Gasteiger partial charge is 0.450 e. The van der Waals surface area contributed by atoms with Gasteiger partial charge in [0.25, 0.3) is 0 Å². The number of carbonyl (C=O) groups is 5. The first-order chi connectivity index (χ1) is 18.4. The summed E-state index contributed by atoms with van der Waals surface area (Å²) < 4.78 is 28.4. The summed E-state index contributed by atoms with van der Waals surface area (Å²) in [5, 5.41) is 0. The normalized spacial score (nSPS) is 23.3. The lowest BCUT2D eigenvalue weighted by atomic mass is 9.93. The van der Waals surface area contributed by atoms with Crippen LogP contribution in [0.15, 0.2) is 0 Å². The second-order valence-corrected chi connectivity index (χ2v) is 22.0. The van der Waals surface area contributed by atoms with E-state index in [2.05, 4.69) is 79.6 Å². The third-order valence-corrected chi connectivity index (χ3v) is 7.12. The molecule has 4 atom stereocenters. The molecule has 0 saturated carbocycles. The third-order valence-electron chi connectivity index (χ3n) is 5.50. The van der Waals surface area contributed by atoms with E-state index in [1.807, 2.05) is 0 Å². The minimum Gasteiger partial charge on any atom is -0.450 e. The summed E-state index contributed by atoms with van der Waals surface area (Å²) in [5.41, 5.74) is 0. The molecule has 0 radical (unpaired) electrons. The highest BCUT2D eigenvalue weighted by atomic mass is 79.9. The van der Waals surface area contributed by atoms with Crippen LogP contribution in [0.2, 0.25) is 0 Å². The van der Waals surface area contributed by atoms with Gasteiger partial charge in [-0.3, -0.25) is 24.0 Å². The van der Waals surface area contributed by atoms with Crippen LogP contribution in [0, 0.1) is 0 Å². The minimum atomic E-state index is -2.55. The molecule has 242 valence electrons. The lowest BCUT2D eigenvalue weighted by Crippen LogP contribution is -2.72. The number of rotatable bonds is 10. The molecule has 0 amide bonds. The molecule has 0 aromatic rings. The van der Waals surface area contributed by atoms with Crippen LogP contribution in [0.3, 0.4) is 0 Å². The van der Waals surface area contributed by atoms with Crippen LogP contribution >= 0.6 is 79.6 Å². The van der Waals surface area contributed by atoms with Crippen molar-refractivity contribution < 1.29 is 52.4 Å². The summed E-state index contributed by atoms with van der Waals surface area (Å²) in [6.45, 7) is 16.2. The van der Waals surface area contributed by atoms with E-state index < -0.39 is 81.9 Å². The highest BCUT2D eigenvalue weighted by molar-refractivity contribution is 9.11. The van der Waals surface area contributed by atoms with Crippen LogP contribution in [-0.2, 0) is 52.4 Å². The average Bonchev–Trinajstić information content (AvgIpc) is 2.75. The van der Waals surface area contributed by atoms with Gasteiger partial charge >= 0.3 is 35.6 Å². The van der Waals surface area contributed by atoms with E-state index >= 15 is 0 Å². The van der Waals surface area contributed by atoms with Crippen molar-refractivity contribution in [1.82, 2.24) is 0 Å². The monoisotopic (exact) mass is 920 g/mol. The molecule has 1 rings (SSSR count). The summed E-state index contributed by atoms with van der Waals surface area (Å²) in [6.07, 6.45) is -6.87. The Kier molecular flexibility index (Phi) is 12.9. The summed E-state index contributed by atoms with van der Waals surface area (Å²) in [7, 11) is 0. The second-order valence-electron chi connectivity index (χ2n) is 12.1. The Morgan fingerprint density at radius 3 is 1.19 bits per heavy atom. The van der Waals surface area contributed by atoms with E-state index in [9.17, 15) is 24.0 Å². The fourth-order valence-electron chi connectivity index (χ4n) is 2.94. The zero-order valence-electron chi connectivity index (χ0n) is 25.2. The summed E-state index contributed by atoms with van der Waals surface area (Å²) in [4.78, 5) is 66.1. The van der Waals surface area contributed by atoms with Crippen LogP contribution in [0.5, 0.6) is 0 Å². The molecule has 1 fully saturated rings. The van der Waals surface area contributed by atoms with E-state index in [-0.39, 0.29) is 0 Å². The van der Waals surface area contributed by atoms with Gasteiger partial charge in [-0.25, -0.2) is 0 Å². The summed E-state index contributed by atoms with van der Waals surface area (Å²) in [5.74, 6) is -7.07. The third kappa shape index (κ3) is 10.4. The van der Waals surface area contributed by atoms with Crippen LogP contribution < -0.4 is 0 Å². The molecule has 16 heteroatoms. The molecule has 0 aromatic heterocycles. The molecule has 1 heterocycles. The number of hydrogen-bond acceptors (Lipinski definition) is 11. The smallest absolute Gasteiger partial charge is 0.325 e. The van der Waals surface area contributed by atoms with Gasteiger partial charge in [-0.05, 0) is 76.2 Å². The number of hydrogen-bond donors (Lipinski definition) is 0. The van der Waals surface area contributed by atoms with Crippen molar-refractivity contribution in [2.75, 3.05) is 0 Å². The fourth-order valence-corrected chi connectivity index (χ4v) is 3.38. The van der Waals surface area contributed by atoms with E-state index in [0.717, 1.165) is 0 Å². The minimum absolute atomic E-state index is 0.825. The highest BCUT2D eigenvalue weighted by Crippen LogP contribution is 2.43. The molecular weight excluding hydrogens is 888 g/mol. The van der Waals surface area contributed by atoms with E-state index in [4.69, 9.17) is 28.4 Å². The Hall–Kier alpha value is -0.290. The van der Waals surface area contributed by atoms with Crippen molar-refractivity contribution in [3.05, 3.63) is 0 Å². The molecule has 0 bridgehead atoms. The van der Waals surface area contributed by atoms with Crippen molar-refractivity contribution in [3.63, 3.8) is 0 Å². The standard InChI is InChI=1S/C26H37Br5O11/c1-12-26(41-19(35)24(8,9)30,42-20(36)25(10,11)31)14(39-17(33)22(4,5)28)13(38-16(32)21(2,3)27)15(37-12)40-18(34)23(6,7)29/h12-15H,1-11H3. The van der Waals surface area contributed by atoms with Crippen LogP contribution in [0.1, 0.15) is 76.2 Å². The van der Waals surface area contributed by atoms with Crippen molar-refractivity contribution in [2.45, 2.75) is 128 Å². The lowest BCUT2D eigenvalue weighted by molar-refractivity contribution is -0.378. The molecule has 0 spiro atoms. The van der Waals surface area contributed by atoms with Gasteiger partial charge in [-0.1, -0.05) is 79.6 Å². The number of esters is 5. The van der Waals surface area contributed by atoms with Gasteiger partial charge in [-0.2, -0.15) is 0 Å². The van der Waals surface area contributed by atoms with E-state index in [0.29, 0.717) is 0 Å². The zero-order chi connectivity index (χ0) is 33.4. The van der Waals surface area contributed by atoms with Gasteiger partial charge in [0.05, 0.1) is 0 Å². The zero-order valence-corrected chi connectivity index (χ0v) is 33.1. The maximum absolute atomic E-state index is 13.3. The first-order valence-electron chi connectivity index (χ1n) is 12.6. The molecule has 11 nitrogen and oxygen atoms in total. The summed E-state index contributed by atoms with van der Waals surface area (Å²) >= 11 is 16.1. The van der Waals surface area contributed by atoms with Gasteiger partial charge in [0.15, 0.2) is 0 Å².